The molecule has 0 bridgehead atoms. The lowest BCUT2D eigenvalue weighted by Crippen LogP contribution is -2.54. The molecule has 4 rings (SSSR count). The fourth-order valence-corrected chi connectivity index (χ4v) is 4.26. The van der Waals surface area contributed by atoms with Crippen molar-refractivity contribution in [1.82, 2.24) is 9.88 Å². The molecule has 1 aliphatic heterocycles. The van der Waals surface area contributed by atoms with E-state index in [9.17, 15) is 9.59 Å². The van der Waals surface area contributed by atoms with Crippen molar-refractivity contribution < 1.29 is 13.9 Å². The van der Waals surface area contributed by atoms with Gasteiger partial charge < -0.3 is 25.3 Å². The summed E-state index contributed by atoms with van der Waals surface area (Å²) < 4.78 is 22.2. The average molecular weight is 402 g/mol. The molecule has 1 saturated carbocycles. The van der Waals surface area contributed by atoms with Gasteiger partial charge in [-0.05, 0) is 39.7 Å². The molecule has 2 aliphatic rings. The molecule has 3 N–H and O–H groups in total. The van der Waals surface area contributed by atoms with Gasteiger partial charge in [0.25, 0.3) is 0 Å². The standard InChI is InChI=1S/C21H27FN4O3/c1-4-29-21(28)14-10-26(13-5-6-13)15-7-16(18(22)19(23)17(15)20(14)27)25-8-11(2)24-12(3)9-25/h7,10-13,24H,4-6,8-9,23H2,1-3H3. The van der Waals surface area contributed by atoms with Crippen LogP contribution in [0.25, 0.3) is 10.9 Å². The van der Waals surface area contributed by atoms with Gasteiger partial charge in [-0.25, -0.2) is 9.18 Å². The maximum atomic E-state index is 15.3. The monoisotopic (exact) mass is 402 g/mol. The molecule has 2 fully saturated rings. The van der Waals surface area contributed by atoms with Crippen LogP contribution in [0.3, 0.4) is 0 Å². The van der Waals surface area contributed by atoms with E-state index < -0.39 is 17.2 Å². The molecule has 7 nitrogen and oxygen atoms in total. The van der Waals surface area contributed by atoms with E-state index in [1.54, 1.807) is 19.2 Å². The Kier molecular flexibility index (Phi) is 4.98. The maximum Gasteiger partial charge on any atom is 0.343 e. The minimum atomic E-state index is -0.706. The summed E-state index contributed by atoms with van der Waals surface area (Å²) in [5.74, 6) is -1.32. The molecule has 1 saturated heterocycles. The molecule has 2 aromatic rings. The summed E-state index contributed by atoms with van der Waals surface area (Å²) in [6, 6.07) is 2.28. The number of anilines is 2. The Hall–Kier alpha value is -2.61. The van der Waals surface area contributed by atoms with Crippen molar-refractivity contribution in [2.24, 2.45) is 0 Å². The summed E-state index contributed by atoms with van der Waals surface area (Å²) in [4.78, 5) is 27.3. The van der Waals surface area contributed by atoms with Gasteiger partial charge in [-0.3, -0.25) is 4.79 Å². The van der Waals surface area contributed by atoms with Crippen LogP contribution in [0, 0.1) is 5.82 Å². The number of ether oxygens (including phenoxy) is 1. The number of hydrogen-bond donors (Lipinski definition) is 2. The van der Waals surface area contributed by atoms with Gasteiger partial charge in [0.15, 0.2) is 5.82 Å². The Morgan fingerprint density at radius 3 is 2.55 bits per heavy atom. The second-order valence-corrected chi connectivity index (χ2v) is 8.12. The number of esters is 1. The van der Waals surface area contributed by atoms with Crippen molar-refractivity contribution in [1.29, 1.82) is 0 Å². The largest absolute Gasteiger partial charge is 0.462 e. The first-order valence-corrected chi connectivity index (χ1v) is 10.2. The van der Waals surface area contributed by atoms with Gasteiger partial charge in [-0.15, -0.1) is 0 Å². The van der Waals surface area contributed by atoms with E-state index in [1.165, 1.54) is 0 Å². The quantitative estimate of drug-likeness (QED) is 0.603. The van der Waals surface area contributed by atoms with E-state index in [1.807, 2.05) is 9.47 Å². The van der Waals surface area contributed by atoms with E-state index in [0.29, 0.717) is 24.3 Å². The zero-order valence-corrected chi connectivity index (χ0v) is 17.0. The Balaban J connectivity index is 1.93. The number of hydrogen-bond acceptors (Lipinski definition) is 6. The molecule has 2 unspecified atom stereocenters. The summed E-state index contributed by atoms with van der Waals surface area (Å²) in [6.07, 6.45) is 3.42. The van der Waals surface area contributed by atoms with Crippen molar-refractivity contribution in [2.75, 3.05) is 30.3 Å². The molecule has 29 heavy (non-hydrogen) atoms. The predicted molar refractivity (Wildman–Crippen MR) is 111 cm³/mol. The molecule has 8 heteroatoms. The SMILES string of the molecule is CCOC(=O)c1cn(C2CC2)c2cc(N3CC(C)NC(C)C3)c(F)c(N)c2c1=O. The van der Waals surface area contributed by atoms with Gasteiger partial charge in [0.2, 0.25) is 5.43 Å². The molecule has 156 valence electrons. The summed E-state index contributed by atoms with van der Waals surface area (Å²) in [6.45, 7) is 7.21. The third kappa shape index (κ3) is 3.46. The van der Waals surface area contributed by atoms with Gasteiger partial charge >= 0.3 is 5.97 Å². The maximum absolute atomic E-state index is 15.3. The highest BCUT2D eigenvalue weighted by atomic mass is 19.1. The second kappa shape index (κ2) is 7.33. The molecule has 1 aliphatic carbocycles. The zero-order valence-electron chi connectivity index (χ0n) is 17.0. The Morgan fingerprint density at radius 1 is 1.31 bits per heavy atom. The number of halogens is 1. The number of carbonyl (C=O) groups excluding carboxylic acids is 1. The van der Waals surface area contributed by atoms with Crippen molar-refractivity contribution in [3.63, 3.8) is 0 Å². The minimum absolute atomic E-state index is 0.0555. The van der Waals surface area contributed by atoms with Crippen molar-refractivity contribution >= 4 is 28.2 Å². The van der Waals surface area contributed by atoms with Crippen LogP contribution < -0.4 is 21.4 Å². The van der Waals surface area contributed by atoms with Gasteiger partial charge in [-0.2, -0.15) is 0 Å². The second-order valence-electron chi connectivity index (χ2n) is 8.12. The molecule has 1 aromatic heterocycles. The highest BCUT2D eigenvalue weighted by molar-refractivity contribution is 6.00. The smallest absolute Gasteiger partial charge is 0.343 e. The lowest BCUT2D eigenvalue weighted by Gasteiger charge is -2.38. The first-order valence-electron chi connectivity index (χ1n) is 10.2. The average Bonchev–Trinajstić information content (AvgIpc) is 3.49. The first kappa shape index (κ1) is 19.7. The van der Waals surface area contributed by atoms with Crippen molar-refractivity contribution in [3.05, 3.63) is 33.9 Å². The number of pyridine rings is 1. The number of aromatic nitrogens is 1. The third-order valence-electron chi connectivity index (χ3n) is 5.61. The van der Waals surface area contributed by atoms with Crippen LogP contribution in [-0.4, -0.2) is 42.3 Å². The molecule has 1 aromatic carbocycles. The number of piperazine rings is 1. The summed E-state index contributed by atoms with van der Waals surface area (Å²) >= 11 is 0. The molecule has 0 amide bonds. The normalized spacial score (nSPS) is 22.1. The number of fused-ring (bicyclic) bond motifs is 1. The number of rotatable bonds is 4. The Bertz CT molecular complexity index is 1020. The van der Waals surface area contributed by atoms with E-state index in [-0.39, 0.29) is 41.4 Å². The summed E-state index contributed by atoms with van der Waals surface area (Å²) in [5, 5.41) is 3.48. The van der Waals surface area contributed by atoms with Gasteiger partial charge in [0, 0.05) is 37.4 Å². The molecule has 2 heterocycles. The molecule has 0 spiro atoms. The minimum Gasteiger partial charge on any atom is -0.462 e. The van der Waals surface area contributed by atoms with Crippen LogP contribution in [0.4, 0.5) is 15.8 Å². The summed E-state index contributed by atoms with van der Waals surface area (Å²) in [5.41, 5.74) is 6.22. The molecule has 0 radical (unpaired) electrons. The molecular formula is C21H27FN4O3. The van der Waals surface area contributed by atoms with E-state index >= 15 is 4.39 Å². The van der Waals surface area contributed by atoms with Gasteiger partial charge in [0.1, 0.15) is 5.56 Å². The molecular weight excluding hydrogens is 375 g/mol. The van der Waals surface area contributed by atoms with E-state index in [0.717, 1.165) is 12.8 Å². The fourth-order valence-electron chi connectivity index (χ4n) is 4.26. The lowest BCUT2D eigenvalue weighted by molar-refractivity contribution is 0.0524. The number of carbonyl (C=O) groups is 1. The lowest BCUT2D eigenvalue weighted by atomic mass is 10.0. The Labute approximate surface area is 168 Å². The van der Waals surface area contributed by atoms with Crippen molar-refractivity contribution in [3.8, 4) is 0 Å². The number of nitrogen functional groups attached to an aromatic ring is 1. The predicted octanol–water partition coefficient (Wildman–Crippen LogP) is 2.42. The number of nitrogens with zero attached hydrogens (tertiary/aromatic N) is 2. The fraction of sp³-hybridized carbons (Fsp3) is 0.524. The van der Waals surface area contributed by atoms with Crippen molar-refractivity contribution in [2.45, 2.75) is 51.7 Å². The van der Waals surface area contributed by atoms with Crippen LogP contribution >= 0.6 is 0 Å². The van der Waals surface area contributed by atoms with E-state index in [2.05, 4.69) is 19.2 Å². The van der Waals surface area contributed by atoms with Gasteiger partial charge in [-0.1, -0.05) is 0 Å². The van der Waals surface area contributed by atoms with Crippen LogP contribution in [-0.2, 0) is 4.74 Å². The third-order valence-corrected chi connectivity index (χ3v) is 5.61. The topological polar surface area (TPSA) is 89.6 Å². The Morgan fingerprint density at radius 2 is 1.97 bits per heavy atom. The zero-order chi connectivity index (χ0) is 20.9. The van der Waals surface area contributed by atoms with Crippen LogP contribution in [0.5, 0.6) is 0 Å². The number of benzene rings is 1. The highest BCUT2D eigenvalue weighted by Crippen LogP contribution is 2.40. The summed E-state index contributed by atoms with van der Waals surface area (Å²) in [7, 11) is 0. The van der Waals surface area contributed by atoms with Crippen LogP contribution in [0.2, 0.25) is 0 Å². The highest BCUT2D eigenvalue weighted by Gasteiger charge is 2.31. The van der Waals surface area contributed by atoms with Crippen LogP contribution in [0.15, 0.2) is 17.1 Å². The number of nitrogens with two attached hydrogens (primary N) is 1. The van der Waals surface area contributed by atoms with Crippen LogP contribution in [0.1, 0.15) is 50.0 Å². The number of nitrogens with one attached hydrogen (secondary N) is 1. The first-order chi connectivity index (χ1) is 13.8. The molecule has 2 atom stereocenters. The van der Waals surface area contributed by atoms with Gasteiger partial charge in [0.05, 0.1) is 28.9 Å². The van der Waals surface area contributed by atoms with E-state index in [4.69, 9.17) is 10.5 Å².